The number of rotatable bonds is 2. The molecule has 1 fully saturated rings. The van der Waals surface area contributed by atoms with Crippen molar-refractivity contribution in [1.82, 2.24) is 9.88 Å². The van der Waals surface area contributed by atoms with Crippen molar-refractivity contribution >= 4 is 21.8 Å². The van der Waals surface area contributed by atoms with Crippen molar-refractivity contribution in [2.75, 3.05) is 25.0 Å². The number of hydrogen-bond acceptors (Lipinski definition) is 3. The summed E-state index contributed by atoms with van der Waals surface area (Å²) in [5.74, 6) is -0.120. The van der Waals surface area contributed by atoms with E-state index in [1.165, 1.54) is 12.3 Å². The van der Waals surface area contributed by atoms with Gasteiger partial charge in [-0.2, -0.15) is 0 Å². The van der Waals surface area contributed by atoms with Gasteiger partial charge in [0.05, 0.1) is 12.7 Å². The molecular weight excluding hydrogens is 288 g/mol. The summed E-state index contributed by atoms with van der Waals surface area (Å²) in [6.07, 6.45) is 1.51. The first-order valence-electron chi connectivity index (χ1n) is 5.36. The number of halogens is 1. The van der Waals surface area contributed by atoms with Gasteiger partial charge in [0.25, 0.3) is 5.91 Å². The van der Waals surface area contributed by atoms with E-state index in [4.69, 9.17) is 4.74 Å². The zero-order valence-corrected chi connectivity index (χ0v) is 10.8. The summed E-state index contributed by atoms with van der Waals surface area (Å²) in [6.45, 7) is 1.65. The van der Waals surface area contributed by atoms with Crippen LogP contribution < -0.4 is 5.56 Å². The number of ether oxygens (including phenoxy) is 1. The number of aromatic amines is 1. The molecule has 0 radical (unpaired) electrons. The number of amides is 1. The molecule has 1 aromatic heterocycles. The van der Waals surface area contributed by atoms with E-state index in [-0.39, 0.29) is 17.6 Å². The van der Waals surface area contributed by atoms with E-state index in [1.54, 1.807) is 11.0 Å². The minimum Gasteiger partial charge on any atom is -0.374 e. The molecule has 6 heteroatoms. The Hall–Kier alpha value is -1.14. The van der Waals surface area contributed by atoms with Crippen LogP contribution in [0.15, 0.2) is 23.1 Å². The molecule has 0 aliphatic carbocycles. The molecule has 0 bridgehead atoms. The van der Waals surface area contributed by atoms with E-state index >= 15 is 0 Å². The smallest absolute Gasteiger partial charge is 0.254 e. The summed E-state index contributed by atoms with van der Waals surface area (Å²) >= 11 is 3.34. The molecular formula is C11H13BrN2O3. The summed E-state index contributed by atoms with van der Waals surface area (Å²) in [5.41, 5.74) is 0.158. The fourth-order valence-electron chi connectivity index (χ4n) is 1.76. The van der Waals surface area contributed by atoms with Gasteiger partial charge in [0.2, 0.25) is 5.56 Å². The van der Waals surface area contributed by atoms with Gasteiger partial charge in [-0.3, -0.25) is 9.59 Å². The third-order valence-corrected chi connectivity index (χ3v) is 3.34. The van der Waals surface area contributed by atoms with Crippen molar-refractivity contribution in [3.05, 3.63) is 34.2 Å². The van der Waals surface area contributed by atoms with Gasteiger partial charge in [0.1, 0.15) is 0 Å². The van der Waals surface area contributed by atoms with Gasteiger partial charge in [-0.05, 0) is 6.07 Å². The number of carbonyl (C=O) groups is 1. The molecule has 2 rings (SSSR count). The zero-order valence-electron chi connectivity index (χ0n) is 9.19. The highest BCUT2D eigenvalue weighted by Gasteiger charge is 2.24. The van der Waals surface area contributed by atoms with Crippen molar-refractivity contribution in [2.24, 2.45) is 0 Å². The Kier molecular flexibility index (Phi) is 3.96. The fourth-order valence-corrected chi connectivity index (χ4v) is 2.15. The Balaban J connectivity index is 2.12. The van der Waals surface area contributed by atoms with E-state index in [1.807, 2.05) is 0 Å². The minimum absolute atomic E-state index is 0.0229. The van der Waals surface area contributed by atoms with Crippen LogP contribution in [0.5, 0.6) is 0 Å². The highest BCUT2D eigenvalue weighted by Crippen LogP contribution is 2.10. The van der Waals surface area contributed by atoms with Gasteiger partial charge in [0.15, 0.2) is 0 Å². The maximum absolute atomic E-state index is 12.1. The predicted molar refractivity (Wildman–Crippen MR) is 66.5 cm³/mol. The molecule has 0 saturated carbocycles. The maximum Gasteiger partial charge on any atom is 0.254 e. The van der Waals surface area contributed by atoms with Crippen LogP contribution in [0.2, 0.25) is 0 Å². The average Bonchev–Trinajstić information content (AvgIpc) is 2.38. The molecule has 1 unspecified atom stereocenters. The highest BCUT2D eigenvalue weighted by molar-refractivity contribution is 9.09. The number of alkyl halides is 1. The van der Waals surface area contributed by atoms with Crippen LogP contribution in [0, 0.1) is 0 Å². The minimum atomic E-state index is -0.263. The van der Waals surface area contributed by atoms with Gasteiger partial charge in [-0.25, -0.2) is 0 Å². The maximum atomic E-state index is 12.1. The van der Waals surface area contributed by atoms with Gasteiger partial charge in [-0.15, -0.1) is 0 Å². The highest BCUT2D eigenvalue weighted by atomic mass is 79.9. The third-order valence-electron chi connectivity index (χ3n) is 2.62. The lowest BCUT2D eigenvalue weighted by atomic mass is 10.2. The third kappa shape index (κ3) is 2.95. The van der Waals surface area contributed by atoms with Crippen molar-refractivity contribution in [3.8, 4) is 0 Å². The summed E-state index contributed by atoms with van der Waals surface area (Å²) in [4.78, 5) is 27.5. The van der Waals surface area contributed by atoms with E-state index < -0.39 is 0 Å². The molecule has 0 spiro atoms. The Morgan fingerprint density at radius 1 is 1.65 bits per heavy atom. The summed E-state index contributed by atoms with van der Waals surface area (Å²) < 4.78 is 5.46. The molecule has 1 aromatic rings. The first-order chi connectivity index (χ1) is 8.20. The molecule has 1 aliphatic rings. The van der Waals surface area contributed by atoms with Gasteiger partial charge < -0.3 is 14.6 Å². The first kappa shape index (κ1) is 12.3. The molecule has 0 aromatic carbocycles. The lowest BCUT2D eigenvalue weighted by Gasteiger charge is -2.32. The topological polar surface area (TPSA) is 62.4 Å². The number of nitrogens with zero attached hydrogens (tertiary/aromatic N) is 1. The molecule has 1 aliphatic heterocycles. The number of H-pyrrole nitrogens is 1. The van der Waals surface area contributed by atoms with Crippen molar-refractivity contribution in [2.45, 2.75) is 6.10 Å². The van der Waals surface area contributed by atoms with E-state index in [0.29, 0.717) is 30.6 Å². The van der Waals surface area contributed by atoms with Crippen LogP contribution in [0.4, 0.5) is 0 Å². The second-order valence-corrected chi connectivity index (χ2v) is 4.49. The molecule has 2 heterocycles. The van der Waals surface area contributed by atoms with Crippen molar-refractivity contribution < 1.29 is 9.53 Å². The second kappa shape index (κ2) is 5.46. The molecule has 5 nitrogen and oxygen atoms in total. The summed E-state index contributed by atoms with van der Waals surface area (Å²) in [5, 5.41) is 0.701. The number of aromatic nitrogens is 1. The van der Waals surface area contributed by atoms with Crippen LogP contribution in [0.3, 0.4) is 0 Å². The number of nitrogens with one attached hydrogen (secondary N) is 1. The Morgan fingerprint density at radius 3 is 3.18 bits per heavy atom. The van der Waals surface area contributed by atoms with Crippen LogP contribution in [0.25, 0.3) is 0 Å². The van der Waals surface area contributed by atoms with E-state index in [2.05, 4.69) is 20.9 Å². The summed E-state index contributed by atoms with van der Waals surface area (Å²) in [6, 6.07) is 2.93. The van der Waals surface area contributed by atoms with Crippen LogP contribution in [-0.4, -0.2) is 46.9 Å². The standard InChI is InChI=1S/C11H13BrN2O3/c12-6-9-7-14(3-4-17-9)11(16)8-1-2-13-10(15)5-8/h1-2,5,9H,3-4,6-7H2,(H,13,15). The Bertz CT molecular complexity index is 460. The van der Waals surface area contributed by atoms with Crippen LogP contribution in [0.1, 0.15) is 10.4 Å². The van der Waals surface area contributed by atoms with Gasteiger partial charge in [0, 0.05) is 36.2 Å². The second-order valence-electron chi connectivity index (χ2n) is 3.84. The first-order valence-corrected chi connectivity index (χ1v) is 6.48. The summed E-state index contributed by atoms with van der Waals surface area (Å²) in [7, 11) is 0. The number of hydrogen-bond donors (Lipinski definition) is 1. The van der Waals surface area contributed by atoms with E-state index in [9.17, 15) is 9.59 Å². The van der Waals surface area contributed by atoms with Crippen molar-refractivity contribution in [1.29, 1.82) is 0 Å². The largest absolute Gasteiger partial charge is 0.374 e. The molecule has 1 N–H and O–H groups in total. The van der Waals surface area contributed by atoms with Crippen LogP contribution in [-0.2, 0) is 4.74 Å². The van der Waals surface area contributed by atoms with Crippen LogP contribution >= 0.6 is 15.9 Å². The lowest BCUT2D eigenvalue weighted by molar-refractivity contribution is -0.00965. The number of pyridine rings is 1. The SMILES string of the molecule is O=C(c1cc[nH]c(=O)c1)N1CCOC(CBr)C1. The van der Waals surface area contributed by atoms with E-state index in [0.717, 1.165) is 0 Å². The molecule has 17 heavy (non-hydrogen) atoms. The van der Waals surface area contributed by atoms with Gasteiger partial charge >= 0.3 is 0 Å². The molecule has 1 atom stereocenters. The lowest BCUT2D eigenvalue weighted by Crippen LogP contribution is -2.46. The molecule has 1 amide bonds. The average molecular weight is 301 g/mol. The monoisotopic (exact) mass is 300 g/mol. The fraction of sp³-hybridized carbons (Fsp3) is 0.455. The molecule has 92 valence electrons. The predicted octanol–water partition coefficient (Wildman–Crippen LogP) is 0.611. The Morgan fingerprint density at radius 2 is 2.47 bits per heavy atom. The quantitative estimate of drug-likeness (QED) is 0.814. The number of carbonyl (C=O) groups excluding carboxylic acids is 1. The van der Waals surface area contributed by atoms with Crippen molar-refractivity contribution in [3.63, 3.8) is 0 Å². The zero-order chi connectivity index (χ0) is 12.3. The normalized spacial score (nSPS) is 20.3. The Labute approximate surface area is 107 Å². The molecule has 1 saturated heterocycles. The number of morpholine rings is 1. The van der Waals surface area contributed by atoms with Gasteiger partial charge in [-0.1, -0.05) is 15.9 Å².